The molecule has 10 heteroatoms. The summed E-state index contributed by atoms with van der Waals surface area (Å²) in [6, 6.07) is 6.65. The minimum Gasteiger partial charge on any atom is -0.473 e. The minimum atomic E-state index is -1.82. The SMILES string of the molecule is CCC(C)NC(=S)N1CCN(Cc2ccc3c(c2)OCO3)CC1.O=C(O)C(=O)O. The molecule has 2 aliphatic heterocycles. The lowest BCUT2D eigenvalue weighted by molar-refractivity contribution is -0.159. The molecule has 2 heterocycles. The van der Waals surface area contributed by atoms with Crippen LogP contribution in [0.5, 0.6) is 11.5 Å². The summed E-state index contributed by atoms with van der Waals surface area (Å²) >= 11 is 5.50. The molecule has 3 rings (SSSR count). The number of benzene rings is 1. The van der Waals surface area contributed by atoms with Crippen LogP contribution in [0.3, 0.4) is 0 Å². The van der Waals surface area contributed by atoms with Crippen LogP contribution in [0.25, 0.3) is 0 Å². The molecule has 1 aromatic rings. The van der Waals surface area contributed by atoms with Crippen molar-refractivity contribution in [3.8, 4) is 11.5 Å². The first-order valence-corrected chi connectivity index (χ1v) is 9.83. The summed E-state index contributed by atoms with van der Waals surface area (Å²) in [6.45, 7) is 9.62. The maximum Gasteiger partial charge on any atom is 0.414 e. The maximum absolute atomic E-state index is 9.10. The Morgan fingerprint density at radius 3 is 2.34 bits per heavy atom. The van der Waals surface area contributed by atoms with Crippen molar-refractivity contribution in [2.24, 2.45) is 0 Å². The predicted octanol–water partition coefficient (Wildman–Crippen LogP) is 1.36. The smallest absolute Gasteiger partial charge is 0.414 e. The number of piperazine rings is 1. The molecule has 0 aliphatic carbocycles. The van der Waals surface area contributed by atoms with Crippen LogP contribution < -0.4 is 14.8 Å². The number of carboxylic acid groups (broad SMARTS) is 2. The topological polar surface area (TPSA) is 112 Å². The van der Waals surface area contributed by atoms with Gasteiger partial charge in [0.1, 0.15) is 0 Å². The highest BCUT2D eigenvalue weighted by Gasteiger charge is 2.20. The number of rotatable bonds is 4. The Hall–Kier alpha value is -2.59. The Bertz CT molecular complexity index is 725. The molecular formula is C19H27N3O6S. The van der Waals surface area contributed by atoms with E-state index >= 15 is 0 Å². The van der Waals surface area contributed by atoms with E-state index in [2.05, 4.69) is 41.1 Å². The highest BCUT2D eigenvalue weighted by atomic mass is 32.1. The number of carbonyl (C=O) groups is 2. The molecule has 9 nitrogen and oxygen atoms in total. The number of carboxylic acids is 2. The molecule has 1 fully saturated rings. The van der Waals surface area contributed by atoms with Crippen LogP contribution in [-0.2, 0) is 16.1 Å². The van der Waals surface area contributed by atoms with Gasteiger partial charge in [0.15, 0.2) is 16.6 Å². The third kappa shape index (κ3) is 7.06. The fourth-order valence-corrected chi connectivity index (χ4v) is 3.19. The summed E-state index contributed by atoms with van der Waals surface area (Å²) in [4.78, 5) is 22.9. The number of fused-ring (bicyclic) bond motifs is 1. The predicted molar refractivity (Wildman–Crippen MR) is 110 cm³/mol. The molecule has 29 heavy (non-hydrogen) atoms. The third-order valence-corrected chi connectivity index (χ3v) is 5.04. The Labute approximate surface area is 175 Å². The molecule has 160 valence electrons. The fraction of sp³-hybridized carbons (Fsp3) is 0.526. The largest absolute Gasteiger partial charge is 0.473 e. The second kappa shape index (κ2) is 10.8. The van der Waals surface area contributed by atoms with Crippen LogP contribution >= 0.6 is 12.2 Å². The standard InChI is InChI=1S/C17H25N3O2S.C2H2O4/c1-3-13(2)18-17(23)20-8-6-19(7-9-20)11-14-4-5-15-16(10-14)22-12-21-15;3-1(4)2(5)6/h4-5,10,13H,3,6-9,11-12H2,1-2H3,(H,18,23);(H,3,4)(H,5,6). The summed E-state index contributed by atoms with van der Waals surface area (Å²) in [5.74, 6) is -1.94. The molecule has 1 aromatic carbocycles. The number of nitrogens with one attached hydrogen (secondary N) is 1. The molecule has 1 unspecified atom stereocenters. The second-order valence-electron chi connectivity index (χ2n) is 6.82. The van der Waals surface area contributed by atoms with Crippen molar-refractivity contribution >= 4 is 29.3 Å². The zero-order valence-electron chi connectivity index (χ0n) is 16.6. The van der Waals surface area contributed by atoms with Crippen LogP contribution in [0.15, 0.2) is 18.2 Å². The molecule has 0 aromatic heterocycles. The van der Waals surface area contributed by atoms with E-state index in [9.17, 15) is 0 Å². The van der Waals surface area contributed by atoms with Gasteiger partial charge in [-0.05, 0) is 43.3 Å². The first-order chi connectivity index (χ1) is 13.8. The molecule has 3 N–H and O–H groups in total. The molecular weight excluding hydrogens is 398 g/mol. The van der Waals surface area contributed by atoms with Crippen LogP contribution in [-0.4, -0.2) is 76.1 Å². The van der Waals surface area contributed by atoms with Gasteiger partial charge in [-0.15, -0.1) is 0 Å². The number of nitrogens with zero attached hydrogens (tertiary/aromatic N) is 2. The van der Waals surface area contributed by atoms with E-state index in [-0.39, 0.29) is 0 Å². The first kappa shape index (κ1) is 22.7. The lowest BCUT2D eigenvalue weighted by Gasteiger charge is -2.37. The van der Waals surface area contributed by atoms with Crippen molar-refractivity contribution in [2.75, 3.05) is 33.0 Å². The molecule has 2 aliphatic rings. The summed E-state index contributed by atoms with van der Waals surface area (Å²) in [7, 11) is 0. The maximum atomic E-state index is 9.10. The van der Waals surface area contributed by atoms with Crippen molar-refractivity contribution in [1.29, 1.82) is 0 Å². The molecule has 0 radical (unpaired) electrons. The van der Waals surface area contributed by atoms with E-state index in [1.807, 2.05) is 6.07 Å². The molecule has 1 atom stereocenters. The van der Waals surface area contributed by atoms with Gasteiger partial charge >= 0.3 is 11.9 Å². The molecule has 0 bridgehead atoms. The zero-order valence-corrected chi connectivity index (χ0v) is 17.4. The molecule has 0 amide bonds. The van der Waals surface area contributed by atoms with E-state index in [0.717, 1.165) is 55.8 Å². The summed E-state index contributed by atoms with van der Waals surface area (Å²) in [5, 5.41) is 19.1. The van der Waals surface area contributed by atoms with Crippen LogP contribution in [0.2, 0.25) is 0 Å². The number of thiocarbonyl (C=S) groups is 1. The van der Waals surface area contributed by atoms with Crippen LogP contribution in [0.4, 0.5) is 0 Å². The van der Waals surface area contributed by atoms with Gasteiger partial charge in [-0.25, -0.2) is 9.59 Å². The van der Waals surface area contributed by atoms with E-state index < -0.39 is 11.9 Å². The number of aliphatic carboxylic acids is 2. The quantitative estimate of drug-likeness (QED) is 0.483. The van der Waals surface area contributed by atoms with Crippen molar-refractivity contribution in [1.82, 2.24) is 15.1 Å². The van der Waals surface area contributed by atoms with E-state index in [0.29, 0.717) is 12.8 Å². The zero-order chi connectivity index (χ0) is 21.4. The van der Waals surface area contributed by atoms with Crippen LogP contribution in [0.1, 0.15) is 25.8 Å². The van der Waals surface area contributed by atoms with Crippen LogP contribution in [0, 0.1) is 0 Å². The Kier molecular flexibility index (Phi) is 8.47. The summed E-state index contributed by atoms with van der Waals surface area (Å²) < 4.78 is 10.8. The van der Waals surface area contributed by atoms with Gasteiger partial charge in [0, 0.05) is 38.8 Å². The monoisotopic (exact) mass is 425 g/mol. The van der Waals surface area contributed by atoms with Gasteiger partial charge in [0.2, 0.25) is 6.79 Å². The molecule has 0 spiro atoms. The third-order valence-electron chi connectivity index (χ3n) is 4.67. The normalized spacial score (nSPS) is 16.4. The van der Waals surface area contributed by atoms with Gasteiger partial charge in [0.25, 0.3) is 0 Å². The van der Waals surface area contributed by atoms with Gasteiger partial charge in [0.05, 0.1) is 0 Å². The van der Waals surface area contributed by atoms with Crippen molar-refractivity contribution in [2.45, 2.75) is 32.9 Å². The Balaban J connectivity index is 0.000000438. The Morgan fingerprint density at radius 2 is 1.76 bits per heavy atom. The number of hydrogen-bond donors (Lipinski definition) is 3. The first-order valence-electron chi connectivity index (χ1n) is 9.42. The van der Waals surface area contributed by atoms with E-state index in [1.165, 1.54) is 5.56 Å². The van der Waals surface area contributed by atoms with Gasteiger partial charge in [-0.1, -0.05) is 13.0 Å². The number of hydrogen-bond acceptors (Lipinski definition) is 6. The van der Waals surface area contributed by atoms with Crippen molar-refractivity contribution in [3.05, 3.63) is 23.8 Å². The van der Waals surface area contributed by atoms with Crippen molar-refractivity contribution in [3.63, 3.8) is 0 Å². The average molecular weight is 426 g/mol. The highest BCUT2D eigenvalue weighted by Crippen LogP contribution is 2.32. The molecule has 1 saturated heterocycles. The summed E-state index contributed by atoms with van der Waals surface area (Å²) in [6.07, 6.45) is 1.09. The second-order valence-corrected chi connectivity index (χ2v) is 7.21. The average Bonchev–Trinajstić information content (AvgIpc) is 3.16. The minimum absolute atomic E-state index is 0.331. The van der Waals surface area contributed by atoms with Crippen molar-refractivity contribution < 1.29 is 29.3 Å². The number of ether oxygens (including phenoxy) is 2. The molecule has 0 saturated carbocycles. The van der Waals surface area contributed by atoms with Gasteiger partial charge < -0.3 is 29.9 Å². The fourth-order valence-electron chi connectivity index (χ4n) is 2.81. The van der Waals surface area contributed by atoms with Gasteiger partial charge in [-0.3, -0.25) is 4.90 Å². The lowest BCUT2D eigenvalue weighted by Crippen LogP contribution is -2.52. The van der Waals surface area contributed by atoms with Gasteiger partial charge in [-0.2, -0.15) is 0 Å². The van der Waals surface area contributed by atoms with E-state index in [1.54, 1.807) is 0 Å². The lowest BCUT2D eigenvalue weighted by atomic mass is 10.1. The summed E-state index contributed by atoms with van der Waals surface area (Å²) in [5.41, 5.74) is 1.27. The van der Waals surface area contributed by atoms with E-state index in [4.69, 9.17) is 41.5 Å². The highest BCUT2D eigenvalue weighted by molar-refractivity contribution is 7.80. The Morgan fingerprint density at radius 1 is 1.14 bits per heavy atom.